The summed E-state index contributed by atoms with van der Waals surface area (Å²) in [7, 11) is 0. The van der Waals surface area contributed by atoms with E-state index in [1.807, 2.05) is 0 Å². The molecule has 2 aliphatic rings. The van der Waals surface area contributed by atoms with Gasteiger partial charge in [-0.15, -0.1) is 0 Å². The van der Waals surface area contributed by atoms with E-state index >= 15 is 0 Å². The van der Waals surface area contributed by atoms with Gasteiger partial charge in [-0.05, 0) is 48.6 Å². The van der Waals surface area contributed by atoms with Crippen molar-refractivity contribution in [1.29, 1.82) is 0 Å². The van der Waals surface area contributed by atoms with Crippen LogP contribution in [0.2, 0.25) is 0 Å². The molecule has 0 radical (unpaired) electrons. The first-order valence-electron chi connectivity index (χ1n) is 6.77. The number of aryl methyl sites for hydroxylation is 1. The fourth-order valence-corrected chi connectivity index (χ4v) is 3.42. The van der Waals surface area contributed by atoms with Gasteiger partial charge in [-0.3, -0.25) is 0 Å². The van der Waals surface area contributed by atoms with Crippen LogP contribution in [0.1, 0.15) is 36.3 Å². The van der Waals surface area contributed by atoms with Crippen LogP contribution in [0.4, 0.5) is 0 Å². The number of hydrogen-bond acceptors (Lipinski definition) is 2. The van der Waals surface area contributed by atoms with Crippen molar-refractivity contribution in [3.05, 3.63) is 35.4 Å². The molecule has 0 saturated carbocycles. The van der Waals surface area contributed by atoms with Crippen molar-refractivity contribution in [1.82, 2.24) is 0 Å². The smallest absolute Gasteiger partial charge is 0.0469 e. The molecule has 1 aromatic rings. The third kappa shape index (κ3) is 2.12. The standard InChI is InChI=1S/C15H21NO/c16-15(12-7-9-17-10-8-12)14-6-5-11-3-1-2-4-13(11)14/h1-4,12,14-15H,5-10,16H2. The SMILES string of the molecule is NC(C1CCOCC1)C1CCc2ccccc21. The molecule has 0 amide bonds. The molecule has 0 aromatic heterocycles. The van der Waals surface area contributed by atoms with E-state index in [4.69, 9.17) is 10.5 Å². The quantitative estimate of drug-likeness (QED) is 0.848. The molecule has 3 rings (SSSR count). The van der Waals surface area contributed by atoms with Gasteiger partial charge in [0.05, 0.1) is 0 Å². The lowest BCUT2D eigenvalue weighted by atomic mass is 9.81. The van der Waals surface area contributed by atoms with Crippen LogP contribution in [0.25, 0.3) is 0 Å². The lowest BCUT2D eigenvalue weighted by Crippen LogP contribution is -2.38. The summed E-state index contributed by atoms with van der Waals surface area (Å²) in [5, 5.41) is 0. The highest BCUT2D eigenvalue weighted by atomic mass is 16.5. The Morgan fingerprint density at radius 2 is 1.88 bits per heavy atom. The predicted molar refractivity (Wildman–Crippen MR) is 69.0 cm³/mol. The second-order valence-electron chi connectivity index (χ2n) is 5.37. The zero-order valence-corrected chi connectivity index (χ0v) is 10.3. The van der Waals surface area contributed by atoms with Crippen molar-refractivity contribution in [3.8, 4) is 0 Å². The molecule has 2 heteroatoms. The van der Waals surface area contributed by atoms with Crippen LogP contribution in [0.15, 0.2) is 24.3 Å². The summed E-state index contributed by atoms with van der Waals surface area (Å²) in [5.41, 5.74) is 9.53. The number of nitrogens with two attached hydrogens (primary N) is 1. The van der Waals surface area contributed by atoms with Gasteiger partial charge in [0.15, 0.2) is 0 Å². The first-order chi connectivity index (χ1) is 8.36. The molecule has 1 saturated heterocycles. The third-order valence-corrected chi connectivity index (χ3v) is 4.45. The van der Waals surface area contributed by atoms with Crippen molar-refractivity contribution in [2.45, 2.75) is 37.6 Å². The summed E-state index contributed by atoms with van der Waals surface area (Å²) in [4.78, 5) is 0. The minimum Gasteiger partial charge on any atom is -0.381 e. The van der Waals surface area contributed by atoms with E-state index in [1.165, 1.54) is 24.0 Å². The van der Waals surface area contributed by atoms with Crippen molar-refractivity contribution < 1.29 is 4.74 Å². The summed E-state index contributed by atoms with van der Waals surface area (Å²) in [6, 6.07) is 9.13. The summed E-state index contributed by atoms with van der Waals surface area (Å²) >= 11 is 0. The van der Waals surface area contributed by atoms with Crippen LogP contribution >= 0.6 is 0 Å². The van der Waals surface area contributed by atoms with Crippen LogP contribution in [-0.2, 0) is 11.2 Å². The number of fused-ring (bicyclic) bond motifs is 1. The maximum Gasteiger partial charge on any atom is 0.0469 e. The molecule has 1 aliphatic heterocycles. The zero-order valence-electron chi connectivity index (χ0n) is 10.3. The molecule has 92 valence electrons. The number of hydrogen-bond donors (Lipinski definition) is 1. The van der Waals surface area contributed by atoms with E-state index < -0.39 is 0 Å². The van der Waals surface area contributed by atoms with Crippen molar-refractivity contribution >= 4 is 0 Å². The fourth-order valence-electron chi connectivity index (χ4n) is 3.42. The van der Waals surface area contributed by atoms with Gasteiger partial charge in [-0.2, -0.15) is 0 Å². The van der Waals surface area contributed by atoms with E-state index in [9.17, 15) is 0 Å². The molecule has 0 bridgehead atoms. The molecule has 1 aromatic carbocycles. The molecule has 2 N–H and O–H groups in total. The Kier molecular flexibility index (Phi) is 3.17. The monoisotopic (exact) mass is 231 g/mol. The maximum absolute atomic E-state index is 6.51. The van der Waals surface area contributed by atoms with Gasteiger partial charge >= 0.3 is 0 Å². The van der Waals surface area contributed by atoms with Crippen LogP contribution in [0.3, 0.4) is 0 Å². The van der Waals surface area contributed by atoms with Gasteiger partial charge in [0.25, 0.3) is 0 Å². The molecule has 17 heavy (non-hydrogen) atoms. The topological polar surface area (TPSA) is 35.2 Å². The number of benzene rings is 1. The van der Waals surface area contributed by atoms with Gasteiger partial charge in [-0.1, -0.05) is 24.3 Å². The van der Waals surface area contributed by atoms with Crippen molar-refractivity contribution in [3.63, 3.8) is 0 Å². The molecular formula is C15H21NO. The minimum atomic E-state index is 0.322. The lowest BCUT2D eigenvalue weighted by Gasteiger charge is -2.32. The summed E-state index contributed by atoms with van der Waals surface area (Å²) in [6.07, 6.45) is 4.72. The van der Waals surface area contributed by atoms with Crippen LogP contribution in [-0.4, -0.2) is 19.3 Å². The van der Waals surface area contributed by atoms with Crippen LogP contribution in [0.5, 0.6) is 0 Å². The fraction of sp³-hybridized carbons (Fsp3) is 0.600. The largest absolute Gasteiger partial charge is 0.381 e. The first-order valence-corrected chi connectivity index (χ1v) is 6.77. The third-order valence-electron chi connectivity index (χ3n) is 4.45. The Morgan fingerprint density at radius 3 is 2.71 bits per heavy atom. The van der Waals surface area contributed by atoms with Gasteiger partial charge in [0.1, 0.15) is 0 Å². The Hall–Kier alpha value is -0.860. The molecule has 2 nitrogen and oxygen atoms in total. The lowest BCUT2D eigenvalue weighted by molar-refractivity contribution is 0.0553. The molecule has 2 unspecified atom stereocenters. The highest BCUT2D eigenvalue weighted by Gasteiger charge is 2.32. The average molecular weight is 231 g/mol. The predicted octanol–water partition coefficient (Wildman–Crippen LogP) is 2.47. The summed E-state index contributed by atoms with van der Waals surface area (Å²) in [6.45, 7) is 1.79. The highest BCUT2D eigenvalue weighted by Crippen LogP contribution is 2.38. The van der Waals surface area contributed by atoms with E-state index in [1.54, 1.807) is 0 Å². The number of ether oxygens (including phenoxy) is 1. The molecule has 1 fully saturated rings. The second-order valence-corrected chi connectivity index (χ2v) is 5.37. The molecule has 1 heterocycles. The molecule has 1 aliphatic carbocycles. The van der Waals surface area contributed by atoms with Crippen molar-refractivity contribution in [2.75, 3.05) is 13.2 Å². The van der Waals surface area contributed by atoms with Gasteiger partial charge < -0.3 is 10.5 Å². The molecular weight excluding hydrogens is 210 g/mol. The maximum atomic E-state index is 6.51. The van der Waals surface area contributed by atoms with Gasteiger partial charge in [0.2, 0.25) is 0 Å². The normalized spacial score (nSPS) is 26.8. The Labute approximate surface area is 103 Å². The van der Waals surface area contributed by atoms with Gasteiger partial charge in [0, 0.05) is 19.3 Å². The Bertz CT molecular complexity index is 384. The van der Waals surface area contributed by atoms with E-state index in [0.29, 0.717) is 17.9 Å². The Morgan fingerprint density at radius 1 is 1.12 bits per heavy atom. The van der Waals surface area contributed by atoms with Crippen LogP contribution in [0, 0.1) is 5.92 Å². The van der Waals surface area contributed by atoms with Gasteiger partial charge in [-0.25, -0.2) is 0 Å². The molecule has 0 spiro atoms. The highest BCUT2D eigenvalue weighted by molar-refractivity contribution is 5.36. The molecule has 2 atom stereocenters. The van der Waals surface area contributed by atoms with Crippen molar-refractivity contribution in [2.24, 2.45) is 11.7 Å². The first kappa shape index (κ1) is 11.2. The zero-order chi connectivity index (χ0) is 11.7. The van der Waals surface area contributed by atoms with E-state index in [-0.39, 0.29) is 0 Å². The minimum absolute atomic E-state index is 0.322. The average Bonchev–Trinajstić information content (AvgIpc) is 2.83. The van der Waals surface area contributed by atoms with E-state index in [0.717, 1.165) is 26.1 Å². The van der Waals surface area contributed by atoms with Crippen LogP contribution < -0.4 is 5.73 Å². The Balaban J connectivity index is 1.76. The summed E-state index contributed by atoms with van der Waals surface area (Å²) in [5.74, 6) is 1.23. The summed E-state index contributed by atoms with van der Waals surface area (Å²) < 4.78 is 5.43. The number of rotatable bonds is 2. The second kappa shape index (κ2) is 4.79. The van der Waals surface area contributed by atoms with E-state index in [2.05, 4.69) is 24.3 Å².